The Morgan fingerprint density at radius 1 is 0.955 bits per heavy atom. The summed E-state index contributed by atoms with van der Waals surface area (Å²) < 4.78 is 67.0. The minimum Gasteiger partial charge on any atom is -0.420 e. The third kappa shape index (κ3) is 4.04. The Morgan fingerprint density at radius 2 is 1.36 bits per heavy atom. The van der Waals surface area contributed by atoms with Crippen LogP contribution in [0.5, 0.6) is 5.75 Å². The summed E-state index contributed by atoms with van der Waals surface area (Å²) in [7, 11) is 0. The molecule has 0 bridgehead atoms. The van der Waals surface area contributed by atoms with Gasteiger partial charge in [0.15, 0.2) is 5.75 Å². The fourth-order valence-corrected chi connectivity index (χ4v) is 3.92. The first-order chi connectivity index (χ1) is 9.71. The lowest BCUT2D eigenvalue weighted by Gasteiger charge is -2.29. The quantitative estimate of drug-likeness (QED) is 0.160. The summed E-state index contributed by atoms with van der Waals surface area (Å²) in [5.41, 5.74) is 0. The molecule has 0 saturated carbocycles. The molecule has 0 N–H and O–H groups in total. The van der Waals surface area contributed by atoms with Crippen LogP contribution < -0.4 is 4.74 Å². The number of halogens is 10. The van der Waals surface area contributed by atoms with Crippen LogP contribution in [-0.2, 0) is 4.79 Å². The maximum atomic E-state index is 13.7. The predicted molar refractivity (Wildman–Crippen MR) is 86.8 cm³/mol. The zero-order valence-electron chi connectivity index (χ0n) is 9.75. The van der Waals surface area contributed by atoms with Crippen LogP contribution in [0.25, 0.3) is 0 Å². The Labute approximate surface area is 162 Å². The van der Waals surface area contributed by atoms with E-state index in [1.165, 1.54) is 28.1 Å². The van der Waals surface area contributed by atoms with Crippen LogP contribution in [0.2, 0.25) is 0 Å². The van der Waals surface area contributed by atoms with Crippen molar-refractivity contribution in [2.45, 2.75) is 15.3 Å². The van der Waals surface area contributed by atoms with Crippen LogP contribution in [0, 0.1) is 0 Å². The van der Waals surface area contributed by atoms with Gasteiger partial charge >= 0.3 is 21.3 Å². The second kappa shape index (κ2) is 6.93. The standard InChI is InChI=1S/C10H2Br5F5O2/c11-3-1-4(12)6(5(13)2-3)22-7(21)8(16,17)9(14,18)10(15,19)20/h1-2H/t9-/m0/s1. The molecule has 0 heterocycles. The van der Waals surface area contributed by atoms with E-state index >= 15 is 0 Å². The van der Waals surface area contributed by atoms with Crippen molar-refractivity contribution < 1.29 is 31.5 Å². The molecular formula is C10H2Br5F5O2. The maximum Gasteiger partial charge on any atom is 0.393 e. The third-order valence-electron chi connectivity index (χ3n) is 2.16. The topological polar surface area (TPSA) is 26.3 Å². The molecule has 0 unspecified atom stereocenters. The predicted octanol–water partition coefficient (Wildman–Crippen LogP) is 6.56. The van der Waals surface area contributed by atoms with E-state index < -0.39 is 27.1 Å². The second-order valence-corrected chi connectivity index (χ2v) is 8.45. The van der Waals surface area contributed by atoms with Gasteiger partial charge in [0, 0.05) is 4.47 Å². The highest BCUT2D eigenvalue weighted by atomic mass is 79.9. The Hall–Kier alpha value is 0.740. The summed E-state index contributed by atoms with van der Waals surface area (Å²) in [4.78, 5) is 6.74. The summed E-state index contributed by atoms with van der Waals surface area (Å²) in [5, 5.41) is 0. The van der Waals surface area contributed by atoms with E-state index in [0.717, 1.165) is 0 Å². The molecule has 1 aromatic carbocycles. The molecule has 1 aromatic rings. The molecular weight excluding hydrogens is 647 g/mol. The molecule has 22 heavy (non-hydrogen) atoms. The van der Waals surface area contributed by atoms with Gasteiger partial charge in [0.25, 0.3) is 0 Å². The molecule has 0 aliphatic heterocycles. The summed E-state index contributed by atoms with van der Waals surface area (Å²) >= 11 is 12.0. The first-order valence-electron chi connectivity index (χ1n) is 4.91. The molecule has 1 rings (SSSR count). The van der Waals surface area contributed by atoms with E-state index in [0.29, 0.717) is 4.47 Å². The average Bonchev–Trinajstić information content (AvgIpc) is 2.31. The van der Waals surface area contributed by atoms with Crippen LogP contribution in [0.3, 0.4) is 0 Å². The number of carbonyl (C=O) groups is 1. The van der Waals surface area contributed by atoms with Gasteiger partial charge in [0.1, 0.15) is 0 Å². The lowest BCUT2D eigenvalue weighted by molar-refractivity contribution is -0.192. The van der Waals surface area contributed by atoms with Crippen LogP contribution in [0.1, 0.15) is 0 Å². The highest BCUT2D eigenvalue weighted by Gasteiger charge is 2.72. The zero-order chi connectivity index (χ0) is 17.5. The van der Waals surface area contributed by atoms with Crippen LogP contribution >= 0.6 is 79.6 Å². The van der Waals surface area contributed by atoms with E-state index in [-0.39, 0.29) is 8.95 Å². The molecule has 124 valence electrons. The molecule has 0 saturated heterocycles. The number of carbonyl (C=O) groups excluding carboxylic acids is 1. The van der Waals surface area contributed by atoms with Crippen LogP contribution in [0.15, 0.2) is 25.6 Å². The molecule has 0 spiro atoms. The van der Waals surface area contributed by atoms with E-state index in [1.807, 2.05) is 0 Å². The summed E-state index contributed by atoms with van der Waals surface area (Å²) in [6, 6.07) is 2.70. The van der Waals surface area contributed by atoms with Crippen molar-refractivity contribution in [3.8, 4) is 5.75 Å². The zero-order valence-corrected chi connectivity index (χ0v) is 17.7. The van der Waals surface area contributed by atoms with Gasteiger partial charge in [0.2, 0.25) is 0 Å². The fourth-order valence-electron chi connectivity index (χ4n) is 1.09. The first kappa shape index (κ1) is 20.8. The Kier molecular flexibility index (Phi) is 6.54. The second-order valence-electron chi connectivity index (χ2n) is 3.73. The SMILES string of the molecule is O=C(Oc1c(Br)cc(Br)cc1Br)C(F)(F)[C@@](F)(Br)C(F)(F)Br. The van der Waals surface area contributed by atoms with E-state index in [4.69, 9.17) is 0 Å². The van der Waals surface area contributed by atoms with Crippen LogP contribution in [0.4, 0.5) is 22.0 Å². The van der Waals surface area contributed by atoms with Gasteiger partial charge in [-0.2, -0.15) is 17.6 Å². The largest absolute Gasteiger partial charge is 0.420 e. The molecule has 2 nitrogen and oxygen atoms in total. The normalized spacial score (nSPS) is 15.4. The number of alkyl halides is 7. The molecule has 0 aromatic heterocycles. The molecule has 0 fully saturated rings. The number of hydrogen-bond donors (Lipinski definition) is 0. The van der Waals surface area contributed by atoms with Gasteiger partial charge in [-0.25, -0.2) is 9.18 Å². The molecule has 12 heteroatoms. The number of ether oxygens (including phenoxy) is 1. The molecule has 0 aliphatic rings. The Bertz CT molecular complexity index is 579. The highest BCUT2D eigenvalue weighted by molar-refractivity contribution is 9.13. The Balaban J connectivity index is 3.18. The highest BCUT2D eigenvalue weighted by Crippen LogP contribution is 2.52. The maximum absolute atomic E-state index is 13.7. The lowest BCUT2D eigenvalue weighted by atomic mass is 10.2. The minimum atomic E-state index is -5.19. The van der Waals surface area contributed by atoms with Crippen molar-refractivity contribution in [2.75, 3.05) is 0 Å². The van der Waals surface area contributed by atoms with Crippen molar-refractivity contribution in [2.24, 2.45) is 0 Å². The fraction of sp³-hybridized carbons (Fsp3) is 0.300. The van der Waals surface area contributed by atoms with Gasteiger partial charge in [-0.05, 0) is 75.9 Å². The molecule has 0 radical (unpaired) electrons. The van der Waals surface area contributed by atoms with E-state index in [9.17, 15) is 26.7 Å². The average molecular weight is 649 g/mol. The lowest BCUT2D eigenvalue weighted by Crippen LogP contribution is -2.55. The third-order valence-corrected chi connectivity index (χ3v) is 5.87. The minimum absolute atomic E-state index is 0.0579. The number of esters is 1. The molecule has 1 atom stereocenters. The first-order valence-corrected chi connectivity index (χ1v) is 8.87. The van der Waals surface area contributed by atoms with Gasteiger partial charge < -0.3 is 4.74 Å². The van der Waals surface area contributed by atoms with Crippen molar-refractivity contribution in [3.05, 3.63) is 25.6 Å². The van der Waals surface area contributed by atoms with E-state index in [1.54, 1.807) is 15.9 Å². The van der Waals surface area contributed by atoms with Crippen molar-refractivity contribution in [1.82, 2.24) is 0 Å². The van der Waals surface area contributed by atoms with Crippen LogP contribution in [-0.4, -0.2) is 21.3 Å². The van der Waals surface area contributed by atoms with Gasteiger partial charge in [0.05, 0.1) is 8.95 Å². The summed E-state index contributed by atoms with van der Waals surface area (Å²) in [5.74, 6) is -8.12. The number of hydrogen-bond acceptors (Lipinski definition) is 2. The number of benzene rings is 1. The molecule has 0 amide bonds. The summed E-state index contributed by atoms with van der Waals surface area (Å²) in [6.45, 7) is 0. The molecule has 0 aliphatic carbocycles. The van der Waals surface area contributed by atoms with Crippen molar-refractivity contribution >= 4 is 85.6 Å². The van der Waals surface area contributed by atoms with Crippen molar-refractivity contribution in [3.63, 3.8) is 0 Å². The summed E-state index contributed by atoms with van der Waals surface area (Å²) in [6.07, 6.45) is 0. The van der Waals surface area contributed by atoms with Gasteiger partial charge in [-0.3, -0.25) is 0 Å². The number of rotatable bonds is 4. The monoisotopic (exact) mass is 644 g/mol. The van der Waals surface area contributed by atoms with Gasteiger partial charge in [-0.15, -0.1) is 0 Å². The van der Waals surface area contributed by atoms with Gasteiger partial charge in [-0.1, -0.05) is 15.9 Å². The van der Waals surface area contributed by atoms with Crippen molar-refractivity contribution in [1.29, 1.82) is 0 Å². The van der Waals surface area contributed by atoms with E-state index in [2.05, 4.69) is 52.5 Å². The smallest absolute Gasteiger partial charge is 0.393 e. The Morgan fingerprint density at radius 3 is 1.73 bits per heavy atom.